The van der Waals surface area contributed by atoms with E-state index in [4.69, 9.17) is 27.6 Å². The average Bonchev–Trinajstić information content (AvgIpc) is 2.79. The van der Waals surface area contributed by atoms with Crippen molar-refractivity contribution in [1.29, 1.82) is 0 Å². The van der Waals surface area contributed by atoms with Gasteiger partial charge in [0.15, 0.2) is 11.6 Å². The minimum Gasteiger partial charge on any atom is -0.453 e. The first-order valence-corrected chi connectivity index (χ1v) is 6.57. The summed E-state index contributed by atoms with van der Waals surface area (Å²) in [7, 11) is 0. The summed E-state index contributed by atoms with van der Waals surface area (Å²) in [6, 6.07) is 9.51. The molecule has 0 aliphatic carbocycles. The van der Waals surface area contributed by atoms with Crippen LogP contribution in [-0.4, -0.2) is 9.97 Å². The van der Waals surface area contributed by atoms with Gasteiger partial charge < -0.3 is 4.42 Å². The molecular weight excluding hydrogens is 339 g/mol. The second-order valence-corrected chi connectivity index (χ2v) is 5.10. The summed E-state index contributed by atoms with van der Waals surface area (Å²) in [5.74, 6) is 0.900. The van der Waals surface area contributed by atoms with Crippen molar-refractivity contribution in [1.82, 2.24) is 9.97 Å². The third kappa shape index (κ3) is 2.00. The Hall–Kier alpha value is -1.10. The Bertz CT molecular complexity index is 686. The molecule has 0 bridgehead atoms. The predicted octanol–water partition coefficient (Wildman–Crippen LogP) is 4.96. The summed E-state index contributed by atoms with van der Waals surface area (Å²) in [5.41, 5.74) is 0.770. The lowest BCUT2D eigenvalue weighted by Crippen LogP contribution is -1.90. The van der Waals surface area contributed by atoms with Crippen molar-refractivity contribution in [3.8, 4) is 11.6 Å². The van der Waals surface area contributed by atoms with E-state index in [9.17, 15) is 0 Å². The van der Waals surface area contributed by atoms with E-state index in [-0.39, 0.29) is 10.3 Å². The lowest BCUT2D eigenvalue weighted by molar-refractivity contribution is 0.625. The molecule has 0 fully saturated rings. The minimum atomic E-state index is 0.255. The van der Waals surface area contributed by atoms with Crippen LogP contribution >= 0.6 is 39.1 Å². The van der Waals surface area contributed by atoms with Gasteiger partial charge >= 0.3 is 0 Å². The molecule has 0 radical (unpaired) electrons. The van der Waals surface area contributed by atoms with Crippen LogP contribution in [0.1, 0.15) is 0 Å². The van der Waals surface area contributed by atoms with Crippen molar-refractivity contribution >= 4 is 50.1 Å². The van der Waals surface area contributed by atoms with Gasteiger partial charge in [0.05, 0.1) is 4.47 Å². The first kappa shape index (κ1) is 12.0. The standard InChI is InChI=1S/C12H5BrCl2N2O/c13-9-10(14)16-12(17-11(9)15)8-5-6-3-1-2-4-7(6)18-8/h1-5H. The number of para-hydroxylation sites is 1. The summed E-state index contributed by atoms with van der Waals surface area (Å²) >= 11 is 15.1. The number of benzene rings is 1. The second-order valence-electron chi connectivity index (χ2n) is 3.59. The molecule has 0 spiro atoms. The molecule has 6 heteroatoms. The van der Waals surface area contributed by atoms with Crippen LogP contribution in [-0.2, 0) is 0 Å². The topological polar surface area (TPSA) is 38.9 Å². The van der Waals surface area contributed by atoms with Crippen LogP contribution in [0, 0.1) is 0 Å². The summed E-state index contributed by atoms with van der Waals surface area (Å²) in [4.78, 5) is 8.26. The van der Waals surface area contributed by atoms with E-state index in [2.05, 4.69) is 25.9 Å². The third-order valence-electron chi connectivity index (χ3n) is 2.42. The van der Waals surface area contributed by atoms with Crippen LogP contribution in [0.25, 0.3) is 22.6 Å². The molecule has 1 aromatic carbocycles. The van der Waals surface area contributed by atoms with Crippen LogP contribution in [0.4, 0.5) is 0 Å². The van der Waals surface area contributed by atoms with Gasteiger partial charge in [0.25, 0.3) is 0 Å². The zero-order chi connectivity index (χ0) is 12.7. The van der Waals surface area contributed by atoms with Gasteiger partial charge in [-0.25, -0.2) is 9.97 Å². The number of fused-ring (bicyclic) bond motifs is 1. The van der Waals surface area contributed by atoms with E-state index >= 15 is 0 Å². The first-order valence-electron chi connectivity index (χ1n) is 5.02. The van der Waals surface area contributed by atoms with Gasteiger partial charge in [-0.1, -0.05) is 41.4 Å². The molecular formula is C12H5BrCl2N2O. The molecule has 0 saturated heterocycles. The number of furan rings is 1. The fraction of sp³-hybridized carbons (Fsp3) is 0. The lowest BCUT2D eigenvalue weighted by atomic mass is 10.2. The molecule has 0 aliphatic heterocycles. The van der Waals surface area contributed by atoms with Crippen LogP contribution in [0.3, 0.4) is 0 Å². The zero-order valence-electron chi connectivity index (χ0n) is 8.82. The van der Waals surface area contributed by atoms with E-state index in [0.717, 1.165) is 11.0 Å². The highest BCUT2D eigenvalue weighted by atomic mass is 79.9. The maximum absolute atomic E-state index is 5.94. The number of aromatic nitrogens is 2. The molecule has 3 rings (SSSR count). The monoisotopic (exact) mass is 342 g/mol. The normalized spacial score (nSPS) is 11.1. The zero-order valence-corrected chi connectivity index (χ0v) is 11.9. The van der Waals surface area contributed by atoms with Gasteiger partial charge in [-0.2, -0.15) is 0 Å². The fourth-order valence-electron chi connectivity index (χ4n) is 1.60. The van der Waals surface area contributed by atoms with Crippen LogP contribution in [0.15, 0.2) is 39.2 Å². The molecule has 0 saturated carbocycles. The van der Waals surface area contributed by atoms with Crippen LogP contribution in [0.2, 0.25) is 10.3 Å². The largest absolute Gasteiger partial charge is 0.453 e. The molecule has 90 valence electrons. The van der Waals surface area contributed by atoms with Crippen LogP contribution < -0.4 is 0 Å². The molecule has 2 aromatic heterocycles. The summed E-state index contributed by atoms with van der Waals surface area (Å²) in [6.45, 7) is 0. The van der Waals surface area contributed by atoms with Crippen LogP contribution in [0.5, 0.6) is 0 Å². The molecule has 0 N–H and O–H groups in total. The molecule has 2 heterocycles. The van der Waals surface area contributed by atoms with E-state index < -0.39 is 0 Å². The van der Waals surface area contributed by atoms with Gasteiger partial charge in [0.1, 0.15) is 15.9 Å². The van der Waals surface area contributed by atoms with Gasteiger partial charge in [-0.3, -0.25) is 0 Å². The molecule has 3 nitrogen and oxygen atoms in total. The van der Waals surface area contributed by atoms with E-state index in [1.165, 1.54) is 0 Å². The van der Waals surface area contributed by atoms with Crippen molar-refractivity contribution in [2.75, 3.05) is 0 Å². The van der Waals surface area contributed by atoms with E-state index in [1.54, 1.807) is 0 Å². The third-order valence-corrected chi connectivity index (χ3v) is 4.17. The average molecular weight is 344 g/mol. The quantitative estimate of drug-likeness (QED) is 0.586. The minimum absolute atomic E-state index is 0.255. The number of hydrogen-bond acceptors (Lipinski definition) is 3. The van der Waals surface area contributed by atoms with E-state index in [0.29, 0.717) is 16.1 Å². The van der Waals surface area contributed by atoms with Crippen molar-refractivity contribution < 1.29 is 4.42 Å². The molecule has 0 aliphatic rings. The Labute approximate surface area is 121 Å². The summed E-state index contributed by atoms with van der Waals surface area (Å²) in [6.07, 6.45) is 0. The highest BCUT2D eigenvalue weighted by Crippen LogP contribution is 2.31. The Balaban J connectivity index is 2.20. The molecule has 0 amide bonds. The predicted molar refractivity (Wildman–Crippen MR) is 75.0 cm³/mol. The Morgan fingerprint density at radius 2 is 1.72 bits per heavy atom. The van der Waals surface area contributed by atoms with Gasteiger partial charge in [-0.05, 0) is 28.1 Å². The molecule has 3 aromatic rings. The number of rotatable bonds is 1. The SMILES string of the molecule is Clc1nc(-c2cc3ccccc3o2)nc(Cl)c1Br. The van der Waals surface area contributed by atoms with Crippen molar-refractivity contribution in [2.24, 2.45) is 0 Å². The molecule has 0 unspecified atom stereocenters. The molecule has 0 atom stereocenters. The maximum atomic E-state index is 5.94. The Morgan fingerprint density at radius 1 is 1.06 bits per heavy atom. The van der Waals surface area contributed by atoms with Crippen molar-refractivity contribution in [3.05, 3.63) is 45.1 Å². The second kappa shape index (κ2) is 4.53. The van der Waals surface area contributed by atoms with Crippen molar-refractivity contribution in [2.45, 2.75) is 0 Å². The first-order chi connectivity index (χ1) is 8.65. The van der Waals surface area contributed by atoms with Crippen molar-refractivity contribution in [3.63, 3.8) is 0 Å². The van der Waals surface area contributed by atoms with Gasteiger partial charge in [0, 0.05) is 5.39 Å². The fourth-order valence-corrected chi connectivity index (χ4v) is 2.16. The summed E-state index contributed by atoms with van der Waals surface area (Å²) < 4.78 is 6.12. The number of hydrogen-bond donors (Lipinski definition) is 0. The number of nitrogens with zero attached hydrogens (tertiary/aromatic N) is 2. The highest BCUT2D eigenvalue weighted by molar-refractivity contribution is 9.10. The Morgan fingerprint density at radius 3 is 2.39 bits per heavy atom. The Kier molecular flexibility index (Phi) is 3.01. The lowest BCUT2D eigenvalue weighted by Gasteiger charge is -2.00. The van der Waals surface area contributed by atoms with Gasteiger partial charge in [-0.15, -0.1) is 0 Å². The highest BCUT2D eigenvalue weighted by Gasteiger charge is 2.13. The smallest absolute Gasteiger partial charge is 0.198 e. The molecule has 18 heavy (non-hydrogen) atoms. The maximum Gasteiger partial charge on any atom is 0.198 e. The summed E-state index contributed by atoms with van der Waals surface area (Å²) in [5, 5.41) is 1.49. The number of halogens is 3. The van der Waals surface area contributed by atoms with E-state index in [1.807, 2.05) is 30.3 Å². The van der Waals surface area contributed by atoms with Gasteiger partial charge in [0.2, 0.25) is 0 Å².